The van der Waals surface area contributed by atoms with Crippen molar-refractivity contribution in [3.8, 4) is 0 Å². The second-order valence-electron chi connectivity index (χ2n) is 9.26. The first kappa shape index (κ1) is 41.7. The molecular formula is C22H22N16O14. The summed E-state index contributed by atoms with van der Waals surface area (Å²) in [6.45, 7) is 0. The number of carbonyl (C=O) groups is 2. The number of nitro benzene ring substituents is 6. The highest BCUT2D eigenvalue weighted by atomic mass is 16.6. The number of amides is 2. The summed E-state index contributed by atoms with van der Waals surface area (Å²) in [7, 11) is 6.75. The maximum Gasteiger partial charge on any atom is 0.292 e. The molecule has 0 atom stereocenters. The molecule has 274 valence electrons. The van der Waals surface area contributed by atoms with Gasteiger partial charge in [0.15, 0.2) is 11.1 Å². The first-order chi connectivity index (χ1) is 24.3. The van der Waals surface area contributed by atoms with Crippen molar-refractivity contribution in [1.82, 2.24) is 30.2 Å². The summed E-state index contributed by atoms with van der Waals surface area (Å²) in [4.78, 5) is 82.3. The van der Waals surface area contributed by atoms with Gasteiger partial charge in [0.2, 0.25) is 12.8 Å². The van der Waals surface area contributed by atoms with Gasteiger partial charge in [0, 0.05) is 28.2 Å². The zero-order chi connectivity index (χ0) is 39.7. The van der Waals surface area contributed by atoms with Gasteiger partial charge in [0.1, 0.15) is 0 Å². The maximum absolute atomic E-state index is 11.3. The maximum atomic E-state index is 11.3. The number of non-ortho nitro benzene ring substituents is 2. The van der Waals surface area contributed by atoms with Gasteiger partial charge in [0.05, 0.1) is 66.2 Å². The number of nitrogens with zero attached hydrogens (tertiary/aromatic N) is 14. The zero-order valence-electron chi connectivity index (χ0n) is 26.6. The van der Waals surface area contributed by atoms with Crippen LogP contribution in [-0.4, -0.2) is 113 Å². The Bertz CT molecular complexity index is 1710. The molecule has 0 saturated carbocycles. The summed E-state index contributed by atoms with van der Waals surface area (Å²) in [5, 5.41) is 87.9. The lowest BCUT2D eigenvalue weighted by atomic mass is 10.1. The van der Waals surface area contributed by atoms with Gasteiger partial charge in [-0.3, -0.25) is 70.3 Å². The Kier molecular flexibility index (Phi) is 15.6. The second-order valence-corrected chi connectivity index (χ2v) is 9.26. The smallest absolute Gasteiger partial charge is 0.292 e. The number of anilines is 2. The van der Waals surface area contributed by atoms with Crippen molar-refractivity contribution in [3.05, 3.63) is 96.1 Å². The molecule has 1 heterocycles. The lowest BCUT2D eigenvalue weighted by molar-refractivity contribution is -0.403. The van der Waals surface area contributed by atoms with E-state index in [9.17, 15) is 70.3 Å². The van der Waals surface area contributed by atoms with Crippen LogP contribution in [0.15, 0.2) is 34.5 Å². The highest BCUT2D eigenvalue weighted by molar-refractivity contribution is 5.93. The van der Waals surface area contributed by atoms with E-state index in [1.807, 2.05) is 0 Å². The minimum absolute atomic E-state index is 0.477. The van der Waals surface area contributed by atoms with Crippen LogP contribution in [0, 0.1) is 60.7 Å². The Morgan fingerprint density at radius 3 is 0.923 bits per heavy atom. The molecule has 0 aliphatic rings. The third kappa shape index (κ3) is 12.7. The molecule has 0 aliphatic carbocycles. The molecule has 30 nitrogen and oxygen atoms in total. The van der Waals surface area contributed by atoms with Crippen molar-refractivity contribution in [2.24, 2.45) is 10.2 Å². The SMILES string of the molecule is CN(C)C=O.CN(C)C=O.O=[N+]([O-])c1cc([N+](=O)[O-])c(/C=N/Nc2nnc(N/N=C/c3c([N+](=O)[O-])cc([N+](=O)[O-])cc3[N+](=O)[O-])nn2)c([N+](=O)[O-])c1. The molecule has 2 aromatic carbocycles. The summed E-state index contributed by atoms with van der Waals surface area (Å²) in [5.74, 6) is -0.954. The molecule has 0 saturated heterocycles. The Labute approximate surface area is 286 Å². The van der Waals surface area contributed by atoms with Crippen LogP contribution >= 0.6 is 0 Å². The lowest BCUT2D eigenvalue weighted by Crippen LogP contribution is -2.07. The van der Waals surface area contributed by atoms with E-state index in [0.29, 0.717) is 36.7 Å². The third-order valence-corrected chi connectivity index (χ3v) is 5.07. The van der Waals surface area contributed by atoms with Gasteiger partial charge in [-0.25, -0.2) is 10.9 Å². The van der Waals surface area contributed by atoms with Gasteiger partial charge in [-0.1, -0.05) is 0 Å². The molecule has 0 bridgehead atoms. The Balaban J connectivity index is 0.00000119. The van der Waals surface area contributed by atoms with E-state index in [4.69, 9.17) is 0 Å². The Hall–Kier alpha value is -8.34. The molecule has 0 aliphatic heterocycles. The van der Waals surface area contributed by atoms with Crippen LogP contribution in [0.5, 0.6) is 0 Å². The number of aromatic nitrogens is 4. The van der Waals surface area contributed by atoms with Gasteiger partial charge in [-0.15, -0.1) is 20.4 Å². The van der Waals surface area contributed by atoms with Crippen molar-refractivity contribution in [1.29, 1.82) is 0 Å². The number of benzene rings is 2. The summed E-state index contributed by atoms with van der Waals surface area (Å²) >= 11 is 0. The molecule has 0 radical (unpaired) electrons. The third-order valence-electron chi connectivity index (χ3n) is 5.07. The molecule has 0 unspecified atom stereocenters. The highest BCUT2D eigenvalue weighted by Gasteiger charge is 2.30. The van der Waals surface area contributed by atoms with E-state index in [1.165, 1.54) is 9.80 Å². The fourth-order valence-corrected chi connectivity index (χ4v) is 2.92. The van der Waals surface area contributed by atoms with Crippen LogP contribution in [0.1, 0.15) is 11.1 Å². The summed E-state index contributed by atoms with van der Waals surface area (Å²) in [6.07, 6.45) is 2.70. The molecule has 3 rings (SSSR count). The number of carbonyl (C=O) groups excluding carboxylic acids is 2. The average molecular weight is 735 g/mol. The Morgan fingerprint density at radius 2 is 0.750 bits per heavy atom. The van der Waals surface area contributed by atoms with E-state index in [0.717, 1.165) is 12.8 Å². The fraction of sp³-hybridized carbons (Fsp3) is 0.182. The number of hydrogen-bond donors (Lipinski definition) is 2. The van der Waals surface area contributed by atoms with E-state index in [-0.39, 0.29) is 0 Å². The van der Waals surface area contributed by atoms with E-state index in [2.05, 4.69) is 41.4 Å². The second kappa shape index (κ2) is 19.5. The molecule has 30 heteroatoms. The molecule has 0 spiro atoms. The van der Waals surface area contributed by atoms with Crippen LogP contribution in [0.2, 0.25) is 0 Å². The molecule has 0 fully saturated rings. The molecule has 52 heavy (non-hydrogen) atoms. The number of rotatable bonds is 14. The van der Waals surface area contributed by atoms with Gasteiger partial charge in [-0.05, 0) is 0 Å². The predicted molar refractivity (Wildman–Crippen MR) is 172 cm³/mol. The van der Waals surface area contributed by atoms with Gasteiger partial charge >= 0.3 is 0 Å². The van der Waals surface area contributed by atoms with Crippen molar-refractivity contribution in [3.63, 3.8) is 0 Å². The summed E-state index contributed by atoms with van der Waals surface area (Å²) in [6, 6.07) is 1.98. The van der Waals surface area contributed by atoms with Crippen LogP contribution < -0.4 is 10.9 Å². The number of hydrazone groups is 2. The minimum atomic E-state index is -1.10. The number of nitrogens with one attached hydrogen (secondary N) is 2. The van der Waals surface area contributed by atoms with Crippen LogP contribution in [0.4, 0.5) is 46.0 Å². The fourth-order valence-electron chi connectivity index (χ4n) is 2.92. The van der Waals surface area contributed by atoms with Gasteiger partial charge in [0.25, 0.3) is 46.0 Å². The Morgan fingerprint density at radius 1 is 0.519 bits per heavy atom. The summed E-state index contributed by atoms with van der Waals surface area (Å²) < 4.78 is 0. The minimum Gasteiger partial charge on any atom is -0.351 e. The number of hydrogen-bond acceptors (Lipinski definition) is 22. The monoisotopic (exact) mass is 734 g/mol. The molecular weight excluding hydrogens is 712 g/mol. The van der Waals surface area contributed by atoms with E-state index in [1.54, 1.807) is 28.2 Å². The van der Waals surface area contributed by atoms with Crippen molar-refractivity contribution in [2.45, 2.75) is 0 Å². The van der Waals surface area contributed by atoms with E-state index >= 15 is 0 Å². The molecule has 2 N–H and O–H groups in total. The van der Waals surface area contributed by atoms with Crippen LogP contribution in [0.3, 0.4) is 0 Å². The molecule has 1 aromatic heterocycles. The van der Waals surface area contributed by atoms with Gasteiger partial charge < -0.3 is 9.80 Å². The normalized spacial score (nSPS) is 10.1. The van der Waals surface area contributed by atoms with Crippen molar-refractivity contribution in [2.75, 3.05) is 39.0 Å². The average Bonchev–Trinajstić information content (AvgIpc) is 3.08. The molecule has 3 aromatic rings. The molecule has 2 amide bonds. The standard InChI is InChI=1S/C16H8N14O12.2C3H7NO/c31-25(32)7-1-11(27(35)36)9(12(2-7)28(37)38)5-17-19-15-21-23-16(24-22-15)20-18-6-10-13(29(39)40)3-8(26(33)34)4-14(10)30(41)42;2*1-4(2)3-5/h1-6H,(H,19,21,22)(H,20,23,24);2*3H,1-2H3/b17-5+,18-6+;;. The largest absolute Gasteiger partial charge is 0.351 e. The predicted octanol–water partition coefficient (Wildman–Crippen LogP) is 1.02. The highest BCUT2D eigenvalue weighted by Crippen LogP contribution is 2.33. The zero-order valence-corrected chi connectivity index (χ0v) is 26.6. The quantitative estimate of drug-likeness (QED) is 0.101. The van der Waals surface area contributed by atoms with Crippen LogP contribution in [0.25, 0.3) is 0 Å². The summed E-state index contributed by atoms with van der Waals surface area (Å²) in [5.41, 5.74) is -3.00. The first-order valence-corrected chi connectivity index (χ1v) is 13.0. The van der Waals surface area contributed by atoms with Gasteiger partial charge in [-0.2, -0.15) is 10.2 Å². The topological polar surface area (TPSA) is 400 Å². The van der Waals surface area contributed by atoms with Crippen molar-refractivity contribution < 1.29 is 39.1 Å². The number of nitro groups is 6. The first-order valence-electron chi connectivity index (χ1n) is 13.0. The lowest BCUT2D eigenvalue weighted by Gasteiger charge is -2.02. The van der Waals surface area contributed by atoms with E-state index < -0.39 is 86.7 Å². The van der Waals surface area contributed by atoms with Crippen LogP contribution in [-0.2, 0) is 9.59 Å². The van der Waals surface area contributed by atoms with Crippen molar-refractivity contribution >= 4 is 71.3 Å².